The van der Waals surface area contributed by atoms with Crippen molar-refractivity contribution in [2.75, 3.05) is 5.73 Å². The van der Waals surface area contributed by atoms with Crippen molar-refractivity contribution in [3.8, 4) is 0 Å². The summed E-state index contributed by atoms with van der Waals surface area (Å²) in [4.78, 5) is 4.19. The van der Waals surface area contributed by atoms with Gasteiger partial charge in [0.1, 0.15) is 5.82 Å². The second-order valence-corrected chi connectivity index (χ2v) is 4.16. The number of nitrogens with two attached hydrogens (primary N) is 1. The molecule has 0 aliphatic rings. The number of anilines is 1. The molecule has 13 heavy (non-hydrogen) atoms. The largest absolute Gasteiger partial charge is 0.384 e. The fraction of sp³-hybridized carbons (Fsp3) is 0.500. The van der Waals surface area contributed by atoms with Gasteiger partial charge >= 0.3 is 0 Å². The number of nitrogen functional groups attached to an aromatic ring is 1. The molecule has 0 radical (unpaired) electrons. The summed E-state index contributed by atoms with van der Waals surface area (Å²) in [6, 6.07) is 5.68. The monoisotopic (exact) mass is 179 g/mol. The van der Waals surface area contributed by atoms with Gasteiger partial charge in [0, 0.05) is 12.1 Å². The molecule has 3 nitrogen and oxygen atoms in total. The molecule has 1 aromatic rings. The maximum absolute atomic E-state index is 5.56. The van der Waals surface area contributed by atoms with Crippen LogP contribution in [-0.2, 0) is 6.54 Å². The lowest BCUT2D eigenvalue weighted by Crippen LogP contribution is -2.35. The van der Waals surface area contributed by atoms with E-state index in [0.717, 1.165) is 12.2 Å². The Kier molecular flexibility index (Phi) is 2.88. The average Bonchev–Trinajstić information content (AvgIpc) is 2.00. The highest BCUT2D eigenvalue weighted by molar-refractivity contribution is 5.28. The first-order valence-corrected chi connectivity index (χ1v) is 4.44. The third kappa shape index (κ3) is 3.90. The summed E-state index contributed by atoms with van der Waals surface area (Å²) in [7, 11) is 0. The lowest BCUT2D eigenvalue weighted by molar-refractivity contribution is 0.421. The molecule has 1 heterocycles. The Hall–Kier alpha value is -1.09. The van der Waals surface area contributed by atoms with Gasteiger partial charge in [-0.3, -0.25) is 0 Å². The van der Waals surface area contributed by atoms with E-state index in [1.807, 2.05) is 12.1 Å². The highest BCUT2D eigenvalue weighted by atomic mass is 15.0. The number of nitrogens with zero attached hydrogens (tertiary/aromatic N) is 1. The summed E-state index contributed by atoms with van der Waals surface area (Å²) >= 11 is 0. The Morgan fingerprint density at radius 3 is 2.62 bits per heavy atom. The third-order valence-corrected chi connectivity index (χ3v) is 1.63. The van der Waals surface area contributed by atoms with Gasteiger partial charge in [-0.25, -0.2) is 4.98 Å². The van der Waals surface area contributed by atoms with E-state index >= 15 is 0 Å². The summed E-state index contributed by atoms with van der Waals surface area (Å²) in [6.07, 6.45) is 0. The molecule has 0 saturated heterocycles. The number of hydrogen-bond acceptors (Lipinski definition) is 3. The molecule has 1 aromatic heterocycles. The zero-order valence-corrected chi connectivity index (χ0v) is 8.46. The van der Waals surface area contributed by atoms with E-state index in [1.54, 1.807) is 6.07 Å². The smallest absolute Gasteiger partial charge is 0.123 e. The first-order chi connectivity index (χ1) is 5.97. The topological polar surface area (TPSA) is 50.9 Å². The van der Waals surface area contributed by atoms with Crippen molar-refractivity contribution >= 4 is 5.82 Å². The number of hydrogen-bond donors (Lipinski definition) is 2. The van der Waals surface area contributed by atoms with Gasteiger partial charge in [0.15, 0.2) is 0 Å². The number of aromatic nitrogens is 1. The minimum Gasteiger partial charge on any atom is -0.384 e. The molecular formula is C10H17N3. The lowest BCUT2D eigenvalue weighted by Gasteiger charge is -2.20. The first kappa shape index (κ1) is 9.99. The van der Waals surface area contributed by atoms with E-state index in [4.69, 9.17) is 5.73 Å². The van der Waals surface area contributed by atoms with E-state index in [0.29, 0.717) is 5.82 Å². The molecule has 0 atom stereocenters. The van der Waals surface area contributed by atoms with Crippen LogP contribution in [0.5, 0.6) is 0 Å². The van der Waals surface area contributed by atoms with E-state index in [-0.39, 0.29) is 5.54 Å². The van der Waals surface area contributed by atoms with Crippen LogP contribution < -0.4 is 11.1 Å². The summed E-state index contributed by atoms with van der Waals surface area (Å²) < 4.78 is 0. The highest BCUT2D eigenvalue weighted by Crippen LogP contribution is 2.03. The molecule has 0 spiro atoms. The standard InChI is InChI=1S/C10H17N3/c1-10(2,3)12-7-8-5-4-6-9(11)13-8/h4-6,12H,7H2,1-3H3,(H2,11,13). The van der Waals surface area contributed by atoms with Crippen LogP contribution >= 0.6 is 0 Å². The molecule has 0 fully saturated rings. The molecule has 3 heteroatoms. The fourth-order valence-corrected chi connectivity index (χ4v) is 0.952. The molecule has 0 saturated carbocycles. The van der Waals surface area contributed by atoms with Gasteiger partial charge in [0.2, 0.25) is 0 Å². The van der Waals surface area contributed by atoms with Crippen molar-refractivity contribution in [3.05, 3.63) is 23.9 Å². The Bertz CT molecular complexity index is 276. The molecule has 0 unspecified atom stereocenters. The van der Waals surface area contributed by atoms with Gasteiger partial charge in [-0.05, 0) is 32.9 Å². The van der Waals surface area contributed by atoms with E-state index in [9.17, 15) is 0 Å². The molecule has 1 rings (SSSR count). The van der Waals surface area contributed by atoms with Gasteiger partial charge in [-0.2, -0.15) is 0 Å². The Balaban J connectivity index is 2.55. The number of pyridine rings is 1. The summed E-state index contributed by atoms with van der Waals surface area (Å²) in [6.45, 7) is 7.13. The van der Waals surface area contributed by atoms with Crippen LogP contribution in [0.2, 0.25) is 0 Å². The predicted molar refractivity (Wildman–Crippen MR) is 55.2 cm³/mol. The van der Waals surface area contributed by atoms with Crippen molar-refractivity contribution in [3.63, 3.8) is 0 Å². The van der Waals surface area contributed by atoms with Crippen molar-refractivity contribution in [2.45, 2.75) is 32.9 Å². The molecule has 0 aliphatic carbocycles. The lowest BCUT2D eigenvalue weighted by atomic mass is 10.1. The van der Waals surface area contributed by atoms with Crippen LogP contribution in [0, 0.1) is 0 Å². The first-order valence-electron chi connectivity index (χ1n) is 4.44. The van der Waals surface area contributed by atoms with E-state index in [1.165, 1.54) is 0 Å². The zero-order chi connectivity index (χ0) is 9.90. The Labute approximate surface area is 79.4 Å². The van der Waals surface area contributed by atoms with E-state index < -0.39 is 0 Å². The molecule has 0 aliphatic heterocycles. The summed E-state index contributed by atoms with van der Waals surface area (Å²) in [5, 5.41) is 3.35. The quantitative estimate of drug-likeness (QED) is 0.724. The second kappa shape index (κ2) is 3.75. The van der Waals surface area contributed by atoms with Crippen LogP contribution in [-0.4, -0.2) is 10.5 Å². The minimum atomic E-state index is 0.117. The normalized spacial score (nSPS) is 11.6. The predicted octanol–water partition coefficient (Wildman–Crippen LogP) is 1.55. The van der Waals surface area contributed by atoms with Crippen molar-refractivity contribution in [2.24, 2.45) is 0 Å². The van der Waals surface area contributed by atoms with Gasteiger partial charge < -0.3 is 11.1 Å². The summed E-state index contributed by atoms with van der Waals surface area (Å²) in [5.74, 6) is 0.577. The maximum atomic E-state index is 5.56. The number of rotatable bonds is 2. The minimum absolute atomic E-state index is 0.117. The molecule has 3 N–H and O–H groups in total. The van der Waals surface area contributed by atoms with Crippen LogP contribution in [0.1, 0.15) is 26.5 Å². The van der Waals surface area contributed by atoms with Gasteiger partial charge in [-0.1, -0.05) is 6.07 Å². The maximum Gasteiger partial charge on any atom is 0.123 e. The molecule has 0 amide bonds. The van der Waals surface area contributed by atoms with Crippen LogP contribution in [0.25, 0.3) is 0 Å². The SMILES string of the molecule is CC(C)(C)NCc1cccc(N)n1. The van der Waals surface area contributed by atoms with E-state index in [2.05, 4.69) is 31.1 Å². The molecule has 0 bridgehead atoms. The second-order valence-electron chi connectivity index (χ2n) is 4.16. The van der Waals surface area contributed by atoms with Gasteiger partial charge in [0.25, 0.3) is 0 Å². The zero-order valence-electron chi connectivity index (χ0n) is 8.46. The summed E-state index contributed by atoms with van der Waals surface area (Å²) in [5.41, 5.74) is 6.66. The highest BCUT2D eigenvalue weighted by Gasteiger charge is 2.08. The van der Waals surface area contributed by atoms with Gasteiger partial charge in [0.05, 0.1) is 5.69 Å². The van der Waals surface area contributed by atoms with Crippen molar-refractivity contribution < 1.29 is 0 Å². The van der Waals surface area contributed by atoms with Crippen molar-refractivity contribution in [1.82, 2.24) is 10.3 Å². The number of nitrogens with one attached hydrogen (secondary N) is 1. The van der Waals surface area contributed by atoms with Crippen LogP contribution in [0.15, 0.2) is 18.2 Å². The molecule has 72 valence electrons. The third-order valence-electron chi connectivity index (χ3n) is 1.63. The van der Waals surface area contributed by atoms with Gasteiger partial charge in [-0.15, -0.1) is 0 Å². The van der Waals surface area contributed by atoms with Crippen LogP contribution in [0.3, 0.4) is 0 Å². The molecule has 0 aromatic carbocycles. The molecular weight excluding hydrogens is 162 g/mol. The fourth-order valence-electron chi connectivity index (χ4n) is 0.952. The Morgan fingerprint density at radius 1 is 1.38 bits per heavy atom. The Morgan fingerprint density at radius 2 is 2.08 bits per heavy atom. The average molecular weight is 179 g/mol. The van der Waals surface area contributed by atoms with Crippen molar-refractivity contribution in [1.29, 1.82) is 0 Å². The van der Waals surface area contributed by atoms with Crippen LogP contribution in [0.4, 0.5) is 5.82 Å².